The van der Waals surface area contributed by atoms with Gasteiger partial charge in [-0.1, -0.05) is 91.0 Å². The lowest BCUT2D eigenvalue weighted by Gasteiger charge is -2.26. The third-order valence-electron chi connectivity index (χ3n) is 3.64. The number of hydrogen-bond donors (Lipinski definition) is 1. The van der Waals surface area contributed by atoms with Crippen molar-refractivity contribution in [3.05, 3.63) is 108 Å². The van der Waals surface area contributed by atoms with Crippen molar-refractivity contribution in [2.45, 2.75) is 5.66 Å². The Morgan fingerprint density at radius 2 is 1.05 bits per heavy atom. The molecule has 0 atom stereocenters. The maximum atomic E-state index is 6.69. The van der Waals surface area contributed by atoms with Crippen LogP contribution in [0.1, 0.15) is 16.7 Å². The number of benzene rings is 3. The van der Waals surface area contributed by atoms with Gasteiger partial charge in [0.1, 0.15) is 0 Å². The van der Waals surface area contributed by atoms with Crippen molar-refractivity contribution < 1.29 is 0 Å². The molecule has 0 bridgehead atoms. The van der Waals surface area contributed by atoms with E-state index in [-0.39, 0.29) is 0 Å². The van der Waals surface area contributed by atoms with Gasteiger partial charge in [0.15, 0.2) is 5.66 Å². The van der Waals surface area contributed by atoms with E-state index in [9.17, 15) is 0 Å². The molecule has 0 heterocycles. The Kier molecular flexibility index (Phi) is 4.12. The van der Waals surface area contributed by atoms with Gasteiger partial charge >= 0.3 is 0 Å². The van der Waals surface area contributed by atoms with Crippen LogP contribution in [0.3, 0.4) is 0 Å². The normalized spacial score (nSPS) is 11.7. The van der Waals surface area contributed by atoms with E-state index in [1.165, 1.54) is 0 Å². The highest BCUT2D eigenvalue weighted by Gasteiger charge is 2.27. The van der Waals surface area contributed by atoms with Gasteiger partial charge in [-0.15, -0.1) is 0 Å². The molecular weight excluding hydrogens is 268 g/mol. The Balaban J connectivity index is 2.06. The molecule has 0 spiro atoms. The van der Waals surface area contributed by atoms with E-state index in [2.05, 4.69) is 0 Å². The lowest BCUT2D eigenvalue weighted by atomic mass is 9.92. The summed E-state index contributed by atoms with van der Waals surface area (Å²) >= 11 is 0. The van der Waals surface area contributed by atoms with Crippen molar-refractivity contribution in [2.24, 2.45) is 10.7 Å². The summed E-state index contributed by atoms with van der Waals surface area (Å²) in [7, 11) is 0. The first-order chi connectivity index (χ1) is 10.8. The number of hydrogen-bond acceptors (Lipinski definition) is 2. The summed E-state index contributed by atoms with van der Waals surface area (Å²) in [5, 5.41) is 0. The second kappa shape index (κ2) is 6.37. The van der Waals surface area contributed by atoms with Crippen LogP contribution in [-0.4, -0.2) is 6.21 Å². The first-order valence-corrected chi connectivity index (χ1v) is 7.29. The topological polar surface area (TPSA) is 38.4 Å². The van der Waals surface area contributed by atoms with Crippen molar-refractivity contribution in [2.75, 3.05) is 0 Å². The quantitative estimate of drug-likeness (QED) is 0.724. The minimum absolute atomic E-state index is 0.891. The van der Waals surface area contributed by atoms with E-state index in [4.69, 9.17) is 10.7 Å². The maximum absolute atomic E-state index is 6.69. The zero-order chi connectivity index (χ0) is 15.3. The van der Waals surface area contributed by atoms with Crippen LogP contribution in [0.2, 0.25) is 0 Å². The Bertz CT molecular complexity index is 695. The summed E-state index contributed by atoms with van der Waals surface area (Å²) in [5.74, 6) is 0. The lowest BCUT2D eigenvalue weighted by molar-refractivity contribution is 0.574. The minimum Gasteiger partial charge on any atom is -0.300 e. The summed E-state index contributed by atoms with van der Waals surface area (Å²) in [4.78, 5) is 4.72. The second-order valence-electron chi connectivity index (χ2n) is 5.17. The van der Waals surface area contributed by atoms with Crippen LogP contribution in [0.15, 0.2) is 96.0 Å². The predicted octanol–water partition coefficient (Wildman–Crippen LogP) is 3.97. The minimum atomic E-state index is -0.891. The Labute approximate surface area is 131 Å². The highest BCUT2D eigenvalue weighted by Crippen LogP contribution is 2.28. The Hall–Kier alpha value is -2.71. The molecule has 3 rings (SSSR count). The summed E-state index contributed by atoms with van der Waals surface area (Å²) in [6.07, 6.45) is 1.83. The molecule has 2 heteroatoms. The SMILES string of the molecule is NC(N=Cc1ccccc1)(c1ccccc1)c1ccccc1. The van der Waals surface area contributed by atoms with Crippen LogP contribution in [0, 0.1) is 0 Å². The van der Waals surface area contributed by atoms with Gasteiger partial charge in [0, 0.05) is 6.21 Å². The third kappa shape index (κ3) is 2.97. The van der Waals surface area contributed by atoms with Gasteiger partial charge in [-0.2, -0.15) is 0 Å². The summed E-state index contributed by atoms with van der Waals surface area (Å²) in [6.45, 7) is 0. The van der Waals surface area contributed by atoms with Crippen LogP contribution < -0.4 is 5.73 Å². The molecule has 2 nitrogen and oxygen atoms in total. The molecule has 0 radical (unpaired) electrons. The molecule has 0 aliphatic heterocycles. The molecule has 0 saturated carbocycles. The first-order valence-electron chi connectivity index (χ1n) is 7.29. The molecule has 3 aromatic rings. The molecule has 3 aromatic carbocycles. The first kappa shape index (κ1) is 14.2. The van der Waals surface area contributed by atoms with Gasteiger partial charge in [0.25, 0.3) is 0 Å². The molecule has 0 aliphatic rings. The summed E-state index contributed by atoms with van der Waals surface area (Å²) in [5.41, 5.74) is 8.76. The van der Waals surface area contributed by atoms with Gasteiger partial charge < -0.3 is 0 Å². The number of nitrogens with two attached hydrogens (primary N) is 1. The fraction of sp³-hybridized carbons (Fsp3) is 0.0500. The van der Waals surface area contributed by atoms with Crippen molar-refractivity contribution in [3.8, 4) is 0 Å². The average Bonchev–Trinajstić information content (AvgIpc) is 2.62. The molecule has 0 fully saturated rings. The Morgan fingerprint density at radius 3 is 1.50 bits per heavy atom. The van der Waals surface area contributed by atoms with Crippen LogP contribution in [-0.2, 0) is 5.66 Å². The highest BCUT2D eigenvalue weighted by atomic mass is 15.0. The highest BCUT2D eigenvalue weighted by molar-refractivity contribution is 5.80. The third-order valence-corrected chi connectivity index (χ3v) is 3.64. The van der Waals surface area contributed by atoms with E-state index in [1.54, 1.807) is 0 Å². The predicted molar refractivity (Wildman–Crippen MR) is 91.9 cm³/mol. The number of rotatable bonds is 4. The van der Waals surface area contributed by atoms with Gasteiger partial charge in [0.05, 0.1) is 0 Å². The fourth-order valence-electron chi connectivity index (χ4n) is 2.42. The molecule has 0 saturated heterocycles. The summed E-state index contributed by atoms with van der Waals surface area (Å²) < 4.78 is 0. The van der Waals surface area contributed by atoms with Crippen molar-refractivity contribution >= 4 is 6.21 Å². The van der Waals surface area contributed by atoms with Crippen molar-refractivity contribution in [1.29, 1.82) is 0 Å². The van der Waals surface area contributed by atoms with Crippen molar-refractivity contribution in [1.82, 2.24) is 0 Å². The van der Waals surface area contributed by atoms with Gasteiger partial charge in [0.2, 0.25) is 0 Å². The molecule has 0 amide bonds. The smallest absolute Gasteiger partial charge is 0.159 e. The largest absolute Gasteiger partial charge is 0.300 e. The molecule has 2 N–H and O–H groups in total. The summed E-state index contributed by atoms with van der Waals surface area (Å²) in [6, 6.07) is 29.9. The van der Waals surface area contributed by atoms with Crippen LogP contribution >= 0.6 is 0 Å². The van der Waals surface area contributed by atoms with E-state index in [0.717, 1.165) is 16.7 Å². The molecule has 22 heavy (non-hydrogen) atoms. The number of nitrogens with zero attached hydrogens (tertiary/aromatic N) is 1. The van der Waals surface area contributed by atoms with Crippen molar-refractivity contribution in [3.63, 3.8) is 0 Å². The van der Waals surface area contributed by atoms with Crippen LogP contribution in [0.4, 0.5) is 0 Å². The van der Waals surface area contributed by atoms with E-state index >= 15 is 0 Å². The van der Waals surface area contributed by atoms with Crippen LogP contribution in [0.25, 0.3) is 0 Å². The standard InChI is InChI=1S/C20H18N2/c21-20(18-12-6-2-7-13-18,19-14-8-3-9-15-19)22-16-17-10-4-1-5-11-17/h1-16H,21H2. The van der Waals surface area contributed by atoms with E-state index < -0.39 is 5.66 Å². The molecule has 0 unspecified atom stereocenters. The number of aliphatic imine (C=N–C) groups is 1. The lowest BCUT2D eigenvalue weighted by Crippen LogP contribution is -2.36. The average molecular weight is 286 g/mol. The zero-order valence-electron chi connectivity index (χ0n) is 12.3. The zero-order valence-corrected chi connectivity index (χ0v) is 12.3. The van der Waals surface area contributed by atoms with Gasteiger partial charge in [-0.25, -0.2) is 0 Å². The fourth-order valence-corrected chi connectivity index (χ4v) is 2.42. The maximum Gasteiger partial charge on any atom is 0.159 e. The second-order valence-corrected chi connectivity index (χ2v) is 5.17. The van der Waals surface area contributed by atoms with Gasteiger partial charge in [-0.05, 0) is 16.7 Å². The monoisotopic (exact) mass is 286 g/mol. The molecule has 108 valence electrons. The molecule has 0 aliphatic carbocycles. The molecule has 0 aromatic heterocycles. The van der Waals surface area contributed by atoms with E-state index in [1.807, 2.05) is 97.2 Å². The van der Waals surface area contributed by atoms with E-state index in [0.29, 0.717) is 0 Å². The Morgan fingerprint density at radius 1 is 0.636 bits per heavy atom. The van der Waals surface area contributed by atoms with Crippen LogP contribution in [0.5, 0.6) is 0 Å². The van der Waals surface area contributed by atoms with Gasteiger partial charge in [-0.3, -0.25) is 10.7 Å². The molecular formula is C20H18N2.